The van der Waals surface area contributed by atoms with Gasteiger partial charge >= 0.3 is 0 Å². The molecule has 7 heteroatoms. The molecule has 2 heterocycles. The molecule has 0 unspecified atom stereocenters. The second-order valence-electron chi connectivity index (χ2n) is 2.99. The van der Waals surface area contributed by atoms with Crippen molar-refractivity contribution >= 4 is 11.8 Å². The van der Waals surface area contributed by atoms with E-state index in [-0.39, 0.29) is 0 Å². The Morgan fingerprint density at radius 2 is 2.29 bits per heavy atom. The average Bonchev–Trinajstić information content (AvgIpc) is 2.71. The van der Waals surface area contributed by atoms with Crippen LogP contribution in [0.2, 0.25) is 0 Å². The maximum Gasteiger partial charge on any atom is 0.265 e. The van der Waals surface area contributed by atoms with E-state index >= 15 is 0 Å². The Bertz CT molecular complexity index is 431. The van der Waals surface area contributed by atoms with Gasteiger partial charge in [-0.1, -0.05) is 0 Å². The van der Waals surface area contributed by atoms with E-state index in [9.17, 15) is 0 Å². The van der Waals surface area contributed by atoms with Crippen LogP contribution in [0, 0.1) is 0 Å². The summed E-state index contributed by atoms with van der Waals surface area (Å²) in [5.41, 5.74) is 6.21. The zero-order valence-electron chi connectivity index (χ0n) is 7.85. The molecule has 0 saturated heterocycles. The molecule has 7 nitrogen and oxygen atoms in total. The number of nitrogens with zero attached hydrogens (tertiary/aromatic N) is 4. The third kappa shape index (κ3) is 1.28. The molecule has 2 aromatic rings. The van der Waals surface area contributed by atoms with Crippen molar-refractivity contribution in [1.82, 2.24) is 20.3 Å². The SMILES string of the molecule is CN(C)c1noc(-c2cn[nH]c2N)n1. The second-order valence-corrected chi connectivity index (χ2v) is 2.99. The largest absolute Gasteiger partial charge is 0.383 e. The van der Waals surface area contributed by atoms with E-state index in [0.29, 0.717) is 23.2 Å². The lowest BCUT2D eigenvalue weighted by atomic mass is 10.3. The molecule has 0 bridgehead atoms. The van der Waals surface area contributed by atoms with Gasteiger partial charge in [-0.05, 0) is 5.16 Å². The van der Waals surface area contributed by atoms with E-state index in [4.69, 9.17) is 10.3 Å². The van der Waals surface area contributed by atoms with Crippen LogP contribution in [0.1, 0.15) is 0 Å². The van der Waals surface area contributed by atoms with E-state index in [1.165, 1.54) is 0 Å². The second kappa shape index (κ2) is 3.02. The normalized spacial score (nSPS) is 10.4. The molecule has 74 valence electrons. The van der Waals surface area contributed by atoms with Crippen LogP contribution in [0.4, 0.5) is 11.8 Å². The minimum Gasteiger partial charge on any atom is -0.383 e. The number of anilines is 2. The number of nitrogen functional groups attached to an aromatic ring is 1. The third-order valence-electron chi connectivity index (χ3n) is 1.71. The number of H-pyrrole nitrogens is 1. The molecule has 0 aliphatic heterocycles. The standard InChI is InChI=1S/C7H10N6O/c1-13(2)7-10-6(14-12-7)4-3-9-11-5(4)8/h3H,1-2H3,(H3,8,9,11). The van der Waals surface area contributed by atoms with Crippen molar-refractivity contribution in [1.29, 1.82) is 0 Å². The molecule has 0 spiro atoms. The molecule has 0 fully saturated rings. The number of rotatable bonds is 2. The lowest BCUT2D eigenvalue weighted by Crippen LogP contribution is -2.10. The summed E-state index contributed by atoms with van der Waals surface area (Å²) in [7, 11) is 3.65. The van der Waals surface area contributed by atoms with Gasteiger partial charge in [-0.15, -0.1) is 0 Å². The van der Waals surface area contributed by atoms with Crippen molar-refractivity contribution in [3.63, 3.8) is 0 Å². The van der Waals surface area contributed by atoms with Crippen molar-refractivity contribution in [2.45, 2.75) is 0 Å². The first kappa shape index (κ1) is 8.54. The first-order chi connectivity index (χ1) is 6.68. The number of hydrogen-bond acceptors (Lipinski definition) is 6. The van der Waals surface area contributed by atoms with Crippen LogP contribution in [0.15, 0.2) is 10.7 Å². The highest BCUT2D eigenvalue weighted by atomic mass is 16.5. The van der Waals surface area contributed by atoms with Gasteiger partial charge in [0.1, 0.15) is 11.4 Å². The van der Waals surface area contributed by atoms with Gasteiger partial charge in [-0.2, -0.15) is 10.1 Å². The van der Waals surface area contributed by atoms with Crippen LogP contribution in [0.5, 0.6) is 0 Å². The highest BCUT2D eigenvalue weighted by molar-refractivity contribution is 5.66. The summed E-state index contributed by atoms with van der Waals surface area (Å²) < 4.78 is 5.01. The quantitative estimate of drug-likeness (QED) is 0.704. The maximum absolute atomic E-state index is 5.60. The van der Waals surface area contributed by atoms with Gasteiger partial charge in [0.25, 0.3) is 11.8 Å². The number of aromatic nitrogens is 4. The van der Waals surface area contributed by atoms with Gasteiger partial charge < -0.3 is 15.2 Å². The summed E-state index contributed by atoms with van der Waals surface area (Å²) in [6.45, 7) is 0. The van der Waals surface area contributed by atoms with Crippen LogP contribution in [0.25, 0.3) is 11.5 Å². The molecule has 2 rings (SSSR count). The van der Waals surface area contributed by atoms with Gasteiger partial charge in [0.2, 0.25) is 0 Å². The Kier molecular flexibility index (Phi) is 1.84. The summed E-state index contributed by atoms with van der Waals surface area (Å²) >= 11 is 0. The molecule has 0 atom stereocenters. The Morgan fingerprint density at radius 1 is 1.50 bits per heavy atom. The van der Waals surface area contributed by atoms with Crippen molar-refractivity contribution in [2.75, 3.05) is 24.7 Å². The molecular formula is C7H10N6O. The Labute approximate surface area is 79.9 Å². The summed E-state index contributed by atoms with van der Waals surface area (Å²) in [6.07, 6.45) is 1.54. The zero-order valence-corrected chi connectivity index (χ0v) is 7.85. The summed E-state index contributed by atoms with van der Waals surface area (Å²) in [5, 5.41) is 10.1. The monoisotopic (exact) mass is 194 g/mol. The number of nitrogens with two attached hydrogens (primary N) is 1. The minimum absolute atomic E-state index is 0.361. The molecule has 0 aliphatic carbocycles. The highest BCUT2D eigenvalue weighted by Crippen LogP contribution is 2.22. The molecule has 0 radical (unpaired) electrons. The Morgan fingerprint density at radius 3 is 2.79 bits per heavy atom. The molecule has 0 aromatic carbocycles. The summed E-state index contributed by atoms with van der Waals surface area (Å²) in [6, 6.07) is 0. The molecule has 14 heavy (non-hydrogen) atoms. The fraction of sp³-hybridized carbons (Fsp3) is 0.286. The van der Waals surface area contributed by atoms with Gasteiger partial charge in [0.05, 0.1) is 6.20 Å². The smallest absolute Gasteiger partial charge is 0.265 e. The Hall–Kier alpha value is -2.05. The topological polar surface area (TPSA) is 96.9 Å². The van der Waals surface area contributed by atoms with Gasteiger partial charge in [0.15, 0.2) is 0 Å². The maximum atomic E-state index is 5.60. The van der Waals surface area contributed by atoms with Crippen molar-refractivity contribution in [3.8, 4) is 11.5 Å². The van der Waals surface area contributed by atoms with Crippen molar-refractivity contribution in [3.05, 3.63) is 6.20 Å². The number of hydrogen-bond donors (Lipinski definition) is 2. The summed E-state index contributed by atoms with van der Waals surface area (Å²) in [5.74, 6) is 1.28. The lowest BCUT2D eigenvalue weighted by Gasteiger charge is -2.02. The third-order valence-corrected chi connectivity index (χ3v) is 1.71. The Balaban J connectivity index is 2.39. The molecule has 0 amide bonds. The molecule has 2 aromatic heterocycles. The van der Waals surface area contributed by atoms with Gasteiger partial charge in [-0.3, -0.25) is 5.10 Å². The fourth-order valence-electron chi connectivity index (χ4n) is 0.973. The van der Waals surface area contributed by atoms with Crippen LogP contribution in [-0.4, -0.2) is 34.4 Å². The number of nitrogens with one attached hydrogen (secondary N) is 1. The van der Waals surface area contributed by atoms with Gasteiger partial charge in [0, 0.05) is 14.1 Å². The van der Waals surface area contributed by atoms with Gasteiger partial charge in [-0.25, -0.2) is 0 Å². The predicted octanol–water partition coefficient (Wildman–Crippen LogP) is 0.108. The molecular weight excluding hydrogens is 184 g/mol. The van der Waals surface area contributed by atoms with E-state index in [1.54, 1.807) is 11.1 Å². The molecule has 0 saturated carbocycles. The molecule has 3 N–H and O–H groups in total. The van der Waals surface area contributed by atoms with Crippen LogP contribution in [-0.2, 0) is 0 Å². The van der Waals surface area contributed by atoms with Crippen LogP contribution >= 0.6 is 0 Å². The zero-order chi connectivity index (χ0) is 10.1. The fourth-order valence-corrected chi connectivity index (χ4v) is 0.973. The van der Waals surface area contributed by atoms with Crippen molar-refractivity contribution < 1.29 is 4.52 Å². The number of aromatic amines is 1. The van der Waals surface area contributed by atoms with E-state index in [0.717, 1.165) is 0 Å². The molecule has 0 aliphatic rings. The van der Waals surface area contributed by atoms with E-state index in [2.05, 4.69) is 20.3 Å². The van der Waals surface area contributed by atoms with Crippen LogP contribution in [0.3, 0.4) is 0 Å². The minimum atomic E-state index is 0.361. The van der Waals surface area contributed by atoms with Crippen LogP contribution < -0.4 is 10.6 Å². The first-order valence-electron chi connectivity index (χ1n) is 3.98. The van der Waals surface area contributed by atoms with Crippen molar-refractivity contribution in [2.24, 2.45) is 0 Å². The predicted molar refractivity (Wildman–Crippen MR) is 50.6 cm³/mol. The van der Waals surface area contributed by atoms with E-state index < -0.39 is 0 Å². The highest BCUT2D eigenvalue weighted by Gasteiger charge is 2.13. The summed E-state index contributed by atoms with van der Waals surface area (Å²) in [4.78, 5) is 5.86. The first-order valence-corrected chi connectivity index (χ1v) is 3.98. The average molecular weight is 194 g/mol. The lowest BCUT2D eigenvalue weighted by molar-refractivity contribution is 0.431. The van der Waals surface area contributed by atoms with E-state index in [1.807, 2.05) is 14.1 Å².